The van der Waals surface area contributed by atoms with Crippen molar-refractivity contribution in [3.8, 4) is 0 Å². The van der Waals surface area contributed by atoms with Crippen molar-refractivity contribution >= 4 is 11.9 Å². The Morgan fingerprint density at radius 1 is 0.585 bits per heavy atom. The summed E-state index contributed by atoms with van der Waals surface area (Å²) in [6.07, 6.45) is 33.3. The van der Waals surface area contributed by atoms with Gasteiger partial charge in [-0.25, -0.2) is 0 Å². The summed E-state index contributed by atoms with van der Waals surface area (Å²) >= 11 is 0. The zero-order chi connectivity index (χ0) is 30.2. The SMILES string of the molecule is CC(C)CCCCCCCCC(=O)OC[C@H](O)COC(=O)CCC/C=C\C/C=C\C/C=C\C/C=C\CCCCCO. The number of hydrogen-bond acceptors (Lipinski definition) is 6. The Kier molecular flexibility index (Phi) is 29.1. The molecule has 1 atom stereocenters. The van der Waals surface area contributed by atoms with E-state index in [0.717, 1.165) is 76.5 Å². The van der Waals surface area contributed by atoms with E-state index in [1.165, 1.54) is 25.7 Å². The lowest BCUT2D eigenvalue weighted by Crippen LogP contribution is -2.25. The first kappa shape index (κ1) is 38.8. The van der Waals surface area contributed by atoms with Crippen molar-refractivity contribution in [3.63, 3.8) is 0 Å². The highest BCUT2D eigenvalue weighted by Gasteiger charge is 2.11. The Morgan fingerprint density at radius 2 is 1.02 bits per heavy atom. The molecule has 0 amide bonds. The van der Waals surface area contributed by atoms with Crippen LogP contribution in [0.25, 0.3) is 0 Å². The number of rotatable bonds is 28. The van der Waals surface area contributed by atoms with E-state index in [-0.39, 0.29) is 25.2 Å². The largest absolute Gasteiger partial charge is 0.463 e. The quantitative estimate of drug-likeness (QED) is 0.0552. The first-order chi connectivity index (χ1) is 20.0. The highest BCUT2D eigenvalue weighted by molar-refractivity contribution is 5.69. The smallest absolute Gasteiger partial charge is 0.305 e. The topological polar surface area (TPSA) is 93.1 Å². The van der Waals surface area contributed by atoms with Crippen LogP contribution in [-0.4, -0.2) is 48.1 Å². The van der Waals surface area contributed by atoms with E-state index in [4.69, 9.17) is 14.6 Å². The van der Waals surface area contributed by atoms with Crippen LogP contribution in [0, 0.1) is 5.92 Å². The van der Waals surface area contributed by atoms with E-state index in [1.807, 2.05) is 0 Å². The minimum Gasteiger partial charge on any atom is -0.463 e. The molecule has 0 aliphatic rings. The van der Waals surface area contributed by atoms with Crippen LogP contribution in [-0.2, 0) is 19.1 Å². The molecule has 0 aliphatic heterocycles. The number of allylic oxidation sites excluding steroid dienone is 8. The van der Waals surface area contributed by atoms with Gasteiger partial charge in [-0.15, -0.1) is 0 Å². The van der Waals surface area contributed by atoms with Crippen molar-refractivity contribution in [2.75, 3.05) is 19.8 Å². The number of ether oxygens (including phenoxy) is 2. The Labute approximate surface area is 251 Å². The Bertz CT molecular complexity index is 722. The van der Waals surface area contributed by atoms with Gasteiger partial charge in [0.15, 0.2) is 0 Å². The molecule has 0 aromatic heterocycles. The zero-order valence-corrected chi connectivity index (χ0v) is 26.2. The molecule has 0 fully saturated rings. The predicted molar refractivity (Wildman–Crippen MR) is 170 cm³/mol. The molecule has 0 unspecified atom stereocenters. The number of aliphatic hydroxyl groups excluding tert-OH is 2. The van der Waals surface area contributed by atoms with Crippen molar-refractivity contribution in [2.24, 2.45) is 5.92 Å². The van der Waals surface area contributed by atoms with Crippen LogP contribution < -0.4 is 0 Å². The minimum atomic E-state index is -0.991. The third kappa shape index (κ3) is 32.2. The van der Waals surface area contributed by atoms with Crippen LogP contribution in [0.5, 0.6) is 0 Å². The maximum absolute atomic E-state index is 11.9. The van der Waals surface area contributed by atoms with Gasteiger partial charge >= 0.3 is 11.9 Å². The Balaban J connectivity index is 3.60. The summed E-state index contributed by atoms with van der Waals surface area (Å²) in [7, 11) is 0. The van der Waals surface area contributed by atoms with Gasteiger partial charge in [0.25, 0.3) is 0 Å². The van der Waals surface area contributed by atoms with E-state index in [9.17, 15) is 14.7 Å². The maximum Gasteiger partial charge on any atom is 0.305 e. The molecule has 236 valence electrons. The summed E-state index contributed by atoms with van der Waals surface area (Å²) in [6, 6.07) is 0. The average molecular weight is 577 g/mol. The zero-order valence-electron chi connectivity index (χ0n) is 26.2. The van der Waals surface area contributed by atoms with E-state index in [2.05, 4.69) is 62.5 Å². The summed E-state index contributed by atoms with van der Waals surface area (Å²) in [5.41, 5.74) is 0. The number of hydrogen-bond donors (Lipinski definition) is 2. The molecule has 0 saturated heterocycles. The monoisotopic (exact) mass is 576 g/mol. The standard InChI is InChI=1S/C35H60O6/c1-32(2)26-22-18-15-16-20-24-28-35(39)41-31-33(37)30-40-34(38)27-23-19-14-12-10-8-6-4-3-5-7-9-11-13-17-21-25-29-36/h3,5-6,8-9,11-12,14,32-33,36-37H,4,7,10,13,15-31H2,1-2H3/b5-3-,8-6-,11-9-,14-12-/t33-/m1/s1. The normalized spacial score (nSPS) is 12.9. The predicted octanol–water partition coefficient (Wildman–Crippen LogP) is 8.33. The summed E-state index contributed by atoms with van der Waals surface area (Å²) in [6.45, 7) is 4.50. The molecule has 2 N–H and O–H groups in total. The number of carbonyl (C=O) groups excluding carboxylic acids is 2. The van der Waals surface area contributed by atoms with Crippen LogP contribution in [0.2, 0.25) is 0 Å². The second kappa shape index (κ2) is 30.8. The Hall–Kier alpha value is -2.18. The molecule has 0 aliphatic carbocycles. The molecular formula is C35H60O6. The molecule has 0 rings (SSSR count). The lowest BCUT2D eigenvalue weighted by Gasteiger charge is -2.12. The van der Waals surface area contributed by atoms with Gasteiger partial charge in [0.05, 0.1) is 0 Å². The first-order valence-electron chi connectivity index (χ1n) is 16.2. The van der Waals surface area contributed by atoms with Crippen LogP contribution in [0.3, 0.4) is 0 Å². The molecule has 0 radical (unpaired) electrons. The van der Waals surface area contributed by atoms with Gasteiger partial charge in [0.2, 0.25) is 0 Å². The molecule has 41 heavy (non-hydrogen) atoms. The average Bonchev–Trinajstić information content (AvgIpc) is 2.95. The van der Waals surface area contributed by atoms with E-state index in [0.29, 0.717) is 25.9 Å². The molecule has 0 spiro atoms. The van der Waals surface area contributed by atoms with Gasteiger partial charge in [-0.05, 0) is 63.7 Å². The summed E-state index contributed by atoms with van der Waals surface area (Å²) in [5, 5.41) is 18.7. The molecule has 0 saturated carbocycles. The molecule has 0 aromatic carbocycles. The highest BCUT2D eigenvalue weighted by atomic mass is 16.6. The molecule has 6 heteroatoms. The third-order valence-electron chi connectivity index (χ3n) is 6.55. The van der Waals surface area contributed by atoms with Gasteiger partial charge < -0.3 is 19.7 Å². The van der Waals surface area contributed by atoms with Gasteiger partial charge in [-0.1, -0.05) is 107 Å². The van der Waals surface area contributed by atoms with Crippen molar-refractivity contribution in [2.45, 2.75) is 136 Å². The van der Waals surface area contributed by atoms with Crippen molar-refractivity contribution in [3.05, 3.63) is 48.6 Å². The highest BCUT2D eigenvalue weighted by Crippen LogP contribution is 2.12. The van der Waals surface area contributed by atoms with Crippen molar-refractivity contribution < 1.29 is 29.3 Å². The van der Waals surface area contributed by atoms with Crippen LogP contribution in [0.15, 0.2) is 48.6 Å². The minimum absolute atomic E-state index is 0.142. The summed E-state index contributed by atoms with van der Waals surface area (Å²) < 4.78 is 10.2. The van der Waals surface area contributed by atoms with E-state index in [1.54, 1.807) is 0 Å². The second-order valence-electron chi connectivity index (χ2n) is 11.1. The fraction of sp³-hybridized carbons (Fsp3) is 0.714. The van der Waals surface area contributed by atoms with Crippen LogP contribution in [0.1, 0.15) is 129 Å². The van der Waals surface area contributed by atoms with Crippen molar-refractivity contribution in [1.82, 2.24) is 0 Å². The molecule has 0 bridgehead atoms. The fourth-order valence-corrected chi connectivity index (χ4v) is 4.06. The summed E-state index contributed by atoms with van der Waals surface area (Å²) in [4.78, 5) is 23.7. The van der Waals surface area contributed by atoms with Crippen LogP contribution in [0.4, 0.5) is 0 Å². The number of unbranched alkanes of at least 4 members (excludes halogenated alkanes) is 9. The van der Waals surface area contributed by atoms with Crippen molar-refractivity contribution in [1.29, 1.82) is 0 Å². The molecule has 0 aromatic rings. The second-order valence-corrected chi connectivity index (χ2v) is 11.1. The molecule has 6 nitrogen and oxygen atoms in total. The van der Waals surface area contributed by atoms with Gasteiger partial charge in [0.1, 0.15) is 19.3 Å². The Morgan fingerprint density at radius 3 is 1.56 bits per heavy atom. The van der Waals surface area contributed by atoms with Gasteiger partial charge in [-0.2, -0.15) is 0 Å². The number of carbonyl (C=O) groups is 2. The number of esters is 2. The van der Waals surface area contributed by atoms with E-state index < -0.39 is 6.10 Å². The van der Waals surface area contributed by atoms with Gasteiger partial charge in [-0.3, -0.25) is 9.59 Å². The maximum atomic E-state index is 11.9. The lowest BCUT2D eigenvalue weighted by atomic mass is 10.0. The fourth-order valence-electron chi connectivity index (χ4n) is 4.06. The van der Waals surface area contributed by atoms with Crippen LogP contribution >= 0.6 is 0 Å². The summed E-state index contributed by atoms with van der Waals surface area (Å²) in [5.74, 6) is 0.116. The number of aliphatic hydroxyl groups is 2. The molecular weight excluding hydrogens is 516 g/mol. The van der Waals surface area contributed by atoms with E-state index >= 15 is 0 Å². The third-order valence-corrected chi connectivity index (χ3v) is 6.55. The lowest BCUT2D eigenvalue weighted by molar-refractivity contribution is -0.152. The molecule has 0 heterocycles. The first-order valence-corrected chi connectivity index (χ1v) is 16.2. The van der Waals surface area contributed by atoms with Gasteiger partial charge in [0, 0.05) is 19.4 Å².